The number of hydrogen-bond acceptors (Lipinski definition) is 3. The average molecular weight is 219 g/mol. The molecule has 0 fully saturated rings. The highest BCUT2D eigenvalue weighted by Gasteiger charge is 2.03. The van der Waals surface area contributed by atoms with E-state index in [-0.39, 0.29) is 0 Å². The first-order valence-electron chi connectivity index (χ1n) is 5.37. The van der Waals surface area contributed by atoms with Gasteiger partial charge in [0.1, 0.15) is 0 Å². The molecule has 0 atom stereocenters. The highest BCUT2D eigenvalue weighted by molar-refractivity contribution is 5.77. The van der Waals surface area contributed by atoms with Crippen LogP contribution in [0.5, 0.6) is 0 Å². The molecule has 4 heteroatoms. The quantitative estimate of drug-likeness (QED) is 0.856. The molecule has 1 aromatic heterocycles. The SMILES string of the molecule is CCCCc1ccc2[nH]c(=O)oc(=O)c2c1. The number of H-pyrrole nitrogens is 1. The molecule has 0 aliphatic rings. The fraction of sp³-hybridized carbons (Fsp3) is 0.333. The third-order valence-corrected chi connectivity index (χ3v) is 2.55. The number of aromatic amines is 1. The van der Waals surface area contributed by atoms with Gasteiger partial charge in [0.25, 0.3) is 0 Å². The van der Waals surface area contributed by atoms with E-state index in [9.17, 15) is 9.59 Å². The maximum absolute atomic E-state index is 11.4. The number of nitrogens with one attached hydrogen (secondary N) is 1. The second-order valence-electron chi connectivity index (χ2n) is 3.79. The molecule has 2 rings (SSSR count). The first-order chi connectivity index (χ1) is 7.70. The van der Waals surface area contributed by atoms with Crippen LogP contribution in [0.3, 0.4) is 0 Å². The number of hydrogen-bond donors (Lipinski definition) is 1. The van der Waals surface area contributed by atoms with Crippen LogP contribution in [0.15, 0.2) is 32.2 Å². The monoisotopic (exact) mass is 219 g/mol. The van der Waals surface area contributed by atoms with Crippen molar-refractivity contribution in [2.45, 2.75) is 26.2 Å². The summed E-state index contributed by atoms with van der Waals surface area (Å²) in [6.45, 7) is 2.12. The van der Waals surface area contributed by atoms with Crippen LogP contribution >= 0.6 is 0 Å². The first kappa shape index (κ1) is 10.7. The number of aryl methyl sites for hydroxylation is 1. The number of benzene rings is 1. The van der Waals surface area contributed by atoms with Gasteiger partial charge in [-0.05, 0) is 30.5 Å². The summed E-state index contributed by atoms with van der Waals surface area (Å²) in [5.41, 5.74) is 1.05. The summed E-state index contributed by atoms with van der Waals surface area (Å²) in [7, 11) is 0. The van der Waals surface area contributed by atoms with Crippen molar-refractivity contribution in [1.29, 1.82) is 0 Å². The molecular weight excluding hydrogens is 206 g/mol. The van der Waals surface area contributed by atoms with Crippen LogP contribution in [0.1, 0.15) is 25.3 Å². The van der Waals surface area contributed by atoms with Crippen LogP contribution in [0.25, 0.3) is 10.9 Å². The van der Waals surface area contributed by atoms with Gasteiger partial charge in [-0.3, -0.25) is 4.98 Å². The van der Waals surface area contributed by atoms with Crippen LogP contribution in [0, 0.1) is 0 Å². The molecule has 0 radical (unpaired) electrons. The van der Waals surface area contributed by atoms with Gasteiger partial charge < -0.3 is 4.42 Å². The van der Waals surface area contributed by atoms with Crippen molar-refractivity contribution < 1.29 is 4.42 Å². The summed E-state index contributed by atoms with van der Waals surface area (Å²) in [6.07, 6.45) is 3.13. The van der Waals surface area contributed by atoms with Crippen molar-refractivity contribution in [2.24, 2.45) is 0 Å². The minimum Gasteiger partial charge on any atom is -0.372 e. The Morgan fingerprint density at radius 2 is 2.12 bits per heavy atom. The molecule has 0 saturated carbocycles. The maximum atomic E-state index is 11.4. The minimum absolute atomic E-state index is 0.438. The zero-order chi connectivity index (χ0) is 11.5. The molecule has 0 amide bonds. The van der Waals surface area contributed by atoms with Gasteiger partial charge in [-0.2, -0.15) is 0 Å². The van der Waals surface area contributed by atoms with Gasteiger partial charge in [0, 0.05) is 0 Å². The predicted octanol–water partition coefficient (Wildman–Crippen LogP) is 1.82. The molecule has 0 unspecified atom stereocenters. The molecular formula is C12H13NO3. The van der Waals surface area contributed by atoms with E-state index in [0.717, 1.165) is 24.8 Å². The lowest BCUT2D eigenvalue weighted by Crippen LogP contribution is -2.14. The Morgan fingerprint density at radius 1 is 1.31 bits per heavy atom. The Hall–Kier alpha value is -1.84. The normalized spacial score (nSPS) is 10.8. The van der Waals surface area contributed by atoms with Gasteiger partial charge in [0.05, 0.1) is 10.9 Å². The smallest absolute Gasteiger partial charge is 0.372 e. The summed E-state index contributed by atoms with van der Waals surface area (Å²) in [6, 6.07) is 5.46. The lowest BCUT2D eigenvalue weighted by molar-refractivity contribution is 0.460. The number of rotatable bonds is 3. The van der Waals surface area contributed by atoms with E-state index in [2.05, 4.69) is 16.3 Å². The molecule has 1 N–H and O–H groups in total. The van der Waals surface area contributed by atoms with Gasteiger partial charge in [0.15, 0.2) is 0 Å². The van der Waals surface area contributed by atoms with Crippen LogP contribution in [-0.4, -0.2) is 4.98 Å². The Kier molecular flexibility index (Phi) is 2.90. The Bertz CT molecular complexity index is 609. The summed E-state index contributed by atoms with van der Waals surface area (Å²) < 4.78 is 4.48. The summed E-state index contributed by atoms with van der Waals surface area (Å²) in [4.78, 5) is 24.9. The zero-order valence-corrected chi connectivity index (χ0v) is 9.08. The fourth-order valence-corrected chi connectivity index (χ4v) is 1.68. The summed E-state index contributed by atoms with van der Waals surface area (Å²) in [5.74, 6) is -0.709. The molecule has 0 spiro atoms. The zero-order valence-electron chi connectivity index (χ0n) is 9.08. The van der Waals surface area contributed by atoms with Crippen molar-refractivity contribution >= 4 is 10.9 Å². The molecule has 1 heterocycles. The van der Waals surface area contributed by atoms with Gasteiger partial charge in [0.2, 0.25) is 0 Å². The van der Waals surface area contributed by atoms with Crippen LogP contribution in [0.4, 0.5) is 0 Å². The molecule has 4 nitrogen and oxygen atoms in total. The van der Waals surface area contributed by atoms with Gasteiger partial charge in [-0.15, -0.1) is 0 Å². The Labute approximate surface area is 91.9 Å². The lowest BCUT2D eigenvalue weighted by Gasteiger charge is -2.01. The Morgan fingerprint density at radius 3 is 2.88 bits per heavy atom. The Balaban J connectivity index is 2.53. The van der Waals surface area contributed by atoms with Crippen molar-refractivity contribution in [2.75, 3.05) is 0 Å². The van der Waals surface area contributed by atoms with Gasteiger partial charge in [-0.25, -0.2) is 9.59 Å². The van der Waals surface area contributed by atoms with E-state index in [4.69, 9.17) is 0 Å². The van der Waals surface area contributed by atoms with Crippen molar-refractivity contribution in [3.63, 3.8) is 0 Å². The molecule has 0 saturated heterocycles. The van der Waals surface area contributed by atoms with Gasteiger partial charge >= 0.3 is 11.4 Å². The van der Waals surface area contributed by atoms with E-state index in [1.807, 2.05) is 6.07 Å². The standard InChI is InChI=1S/C12H13NO3/c1-2-3-4-8-5-6-10-9(7-8)11(14)16-12(15)13-10/h5-7H,2-4H2,1H3,(H,13,15). The van der Waals surface area contributed by atoms with Crippen molar-refractivity contribution in [1.82, 2.24) is 4.98 Å². The fourth-order valence-electron chi connectivity index (χ4n) is 1.68. The first-order valence-corrected chi connectivity index (χ1v) is 5.37. The second kappa shape index (κ2) is 4.35. The highest BCUT2D eigenvalue weighted by atomic mass is 16.4. The van der Waals surface area contributed by atoms with E-state index in [1.165, 1.54) is 0 Å². The molecule has 0 aliphatic carbocycles. The van der Waals surface area contributed by atoms with Crippen LogP contribution in [-0.2, 0) is 6.42 Å². The molecule has 84 valence electrons. The largest absolute Gasteiger partial charge is 0.419 e. The number of unbranched alkanes of at least 4 members (excludes halogenated alkanes) is 1. The molecule has 0 aliphatic heterocycles. The number of fused-ring (bicyclic) bond motifs is 1. The highest BCUT2D eigenvalue weighted by Crippen LogP contribution is 2.11. The second-order valence-corrected chi connectivity index (χ2v) is 3.79. The third kappa shape index (κ3) is 2.05. The minimum atomic E-state index is -0.709. The van der Waals surface area contributed by atoms with E-state index >= 15 is 0 Å². The predicted molar refractivity (Wildman–Crippen MR) is 61.7 cm³/mol. The van der Waals surface area contributed by atoms with E-state index in [1.54, 1.807) is 12.1 Å². The van der Waals surface area contributed by atoms with E-state index in [0.29, 0.717) is 10.9 Å². The topological polar surface area (TPSA) is 63.1 Å². The number of aromatic nitrogens is 1. The van der Waals surface area contributed by atoms with Crippen LogP contribution in [0.2, 0.25) is 0 Å². The van der Waals surface area contributed by atoms with Crippen LogP contribution < -0.4 is 11.4 Å². The molecule has 1 aromatic carbocycles. The summed E-state index contributed by atoms with van der Waals surface area (Å²) in [5, 5.41) is 0.438. The average Bonchev–Trinajstić information content (AvgIpc) is 2.26. The van der Waals surface area contributed by atoms with Gasteiger partial charge in [-0.1, -0.05) is 19.4 Å². The third-order valence-electron chi connectivity index (χ3n) is 2.55. The lowest BCUT2D eigenvalue weighted by atomic mass is 10.1. The molecule has 2 aromatic rings. The van der Waals surface area contributed by atoms with Crippen molar-refractivity contribution in [3.8, 4) is 0 Å². The molecule has 16 heavy (non-hydrogen) atoms. The maximum Gasteiger partial charge on any atom is 0.419 e. The summed E-state index contributed by atoms with van der Waals surface area (Å²) >= 11 is 0. The van der Waals surface area contributed by atoms with E-state index < -0.39 is 11.4 Å². The van der Waals surface area contributed by atoms with Crippen molar-refractivity contribution in [3.05, 3.63) is 44.7 Å². The molecule has 0 bridgehead atoms.